The molecule has 0 unspecified atom stereocenters. The Balaban J connectivity index is 1.89. The molecule has 0 atom stereocenters. The van der Waals surface area contributed by atoms with Gasteiger partial charge in [-0.3, -0.25) is 0 Å². The van der Waals surface area contributed by atoms with Crippen LogP contribution in [0.25, 0.3) is 0 Å². The molecule has 7 heteroatoms. The molecule has 0 aliphatic rings. The van der Waals surface area contributed by atoms with Crippen LogP contribution >= 0.6 is 0 Å². The number of hydrogen-bond donors (Lipinski definition) is 2. The van der Waals surface area contributed by atoms with E-state index in [1.54, 1.807) is 48.5 Å². The lowest BCUT2D eigenvalue weighted by atomic mass is 9.80. The molecule has 2 aromatic carbocycles. The first-order valence-electron chi connectivity index (χ1n) is 6.74. The summed E-state index contributed by atoms with van der Waals surface area (Å²) >= 11 is 0. The quantitative estimate of drug-likeness (QED) is 0.346. The van der Waals surface area contributed by atoms with Crippen LogP contribution in [-0.2, 0) is 9.53 Å². The number of esters is 1. The second kappa shape index (κ2) is 8.02. The number of carbonyl (C=O) groups excluding carboxylic acids is 1. The van der Waals surface area contributed by atoms with Gasteiger partial charge in [0.2, 0.25) is 6.79 Å². The van der Waals surface area contributed by atoms with Crippen LogP contribution in [-0.4, -0.2) is 29.9 Å². The van der Waals surface area contributed by atoms with Crippen LogP contribution in [0.4, 0.5) is 0 Å². The van der Waals surface area contributed by atoms with Gasteiger partial charge in [0.25, 0.3) is 0 Å². The van der Waals surface area contributed by atoms with Crippen molar-refractivity contribution in [2.75, 3.05) is 6.79 Å². The van der Waals surface area contributed by atoms with Gasteiger partial charge in [-0.15, -0.1) is 0 Å². The maximum Gasteiger partial charge on any atom is 0.488 e. The predicted molar refractivity (Wildman–Crippen MR) is 84.6 cm³/mol. The molecule has 0 bridgehead atoms. The molecule has 2 rings (SSSR count). The Labute approximate surface area is 133 Å². The molecule has 0 aromatic heterocycles. The molecule has 0 radical (unpaired) electrons. The first-order chi connectivity index (χ1) is 11.1. The van der Waals surface area contributed by atoms with Crippen LogP contribution in [0.5, 0.6) is 17.2 Å². The second-order valence-corrected chi connectivity index (χ2v) is 4.45. The molecule has 0 saturated carbocycles. The summed E-state index contributed by atoms with van der Waals surface area (Å²) in [6, 6.07) is 13.1. The molecule has 0 aliphatic carbocycles. The van der Waals surface area contributed by atoms with Gasteiger partial charge in [-0.25, -0.2) is 4.79 Å². The fraction of sp³-hybridized carbons (Fsp3) is 0.0625. The van der Waals surface area contributed by atoms with Gasteiger partial charge in [0.05, 0.1) is 0 Å². The Bertz CT molecular complexity index is 651. The molecule has 0 spiro atoms. The highest BCUT2D eigenvalue weighted by Crippen LogP contribution is 2.23. The maximum absolute atomic E-state index is 10.9. The summed E-state index contributed by atoms with van der Waals surface area (Å²) in [7, 11) is -1.50. The zero-order chi connectivity index (χ0) is 16.7. The molecular formula is C16H15BO6. The third kappa shape index (κ3) is 5.17. The van der Waals surface area contributed by atoms with Crippen LogP contribution in [0.2, 0.25) is 0 Å². The highest BCUT2D eigenvalue weighted by molar-refractivity contribution is 6.58. The summed E-state index contributed by atoms with van der Waals surface area (Å²) in [4.78, 5) is 10.9. The zero-order valence-corrected chi connectivity index (χ0v) is 12.2. The van der Waals surface area contributed by atoms with Crippen molar-refractivity contribution in [1.29, 1.82) is 0 Å². The molecule has 0 aliphatic heterocycles. The predicted octanol–water partition coefficient (Wildman–Crippen LogP) is 1.22. The topological polar surface area (TPSA) is 85.2 Å². The fourth-order valence-corrected chi connectivity index (χ4v) is 1.66. The Morgan fingerprint density at radius 2 is 1.52 bits per heavy atom. The van der Waals surface area contributed by atoms with Gasteiger partial charge in [-0.2, -0.15) is 0 Å². The molecule has 0 fully saturated rings. The van der Waals surface area contributed by atoms with E-state index in [0.717, 1.165) is 6.08 Å². The SMILES string of the molecule is C=CC(=O)OCOc1ccc(Oc2ccc(B(O)O)cc2)cc1. The fourth-order valence-electron chi connectivity index (χ4n) is 1.66. The van der Waals surface area contributed by atoms with Crippen molar-refractivity contribution >= 4 is 18.6 Å². The molecule has 6 nitrogen and oxygen atoms in total. The summed E-state index contributed by atoms with van der Waals surface area (Å²) in [6.07, 6.45) is 1.06. The number of carbonyl (C=O) groups is 1. The van der Waals surface area contributed by atoms with Gasteiger partial charge >= 0.3 is 13.1 Å². The molecular weight excluding hydrogens is 299 g/mol. The summed E-state index contributed by atoms with van der Waals surface area (Å²) in [6.45, 7) is 3.08. The van der Waals surface area contributed by atoms with Crippen LogP contribution in [0.3, 0.4) is 0 Å². The van der Waals surface area contributed by atoms with Crippen LogP contribution in [0.15, 0.2) is 61.2 Å². The van der Waals surface area contributed by atoms with E-state index in [0.29, 0.717) is 22.7 Å². The maximum atomic E-state index is 10.9. The minimum Gasteiger partial charge on any atom is -0.457 e. The largest absolute Gasteiger partial charge is 0.488 e. The standard InChI is InChI=1S/C16H15BO6/c1-2-16(18)22-11-21-13-7-9-15(10-8-13)23-14-5-3-12(4-6-14)17(19)20/h2-10,19-20H,1,11H2. The molecule has 0 saturated heterocycles. The van der Waals surface area contributed by atoms with E-state index >= 15 is 0 Å². The van der Waals surface area contributed by atoms with E-state index < -0.39 is 13.1 Å². The molecule has 0 heterocycles. The smallest absolute Gasteiger partial charge is 0.457 e. The van der Waals surface area contributed by atoms with Gasteiger partial charge in [0.15, 0.2) is 0 Å². The number of hydrogen-bond acceptors (Lipinski definition) is 6. The third-order valence-electron chi connectivity index (χ3n) is 2.83. The summed E-state index contributed by atoms with van der Waals surface area (Å²) in [5.41, 5.74) is 0.384. The normalized spacial score (nSPS) is 9.83. The first kappa shape index (κ1) is 16.6. The lowest BCUT2D eigenvalue weighted by Gasteiger charge is -2.09. The van der Waals surface area contributed by atoms with Crippen LogP contribution in [0, 0.1) is 0 Å². The average molecular weight is 314 g/mol. The number of rotatable bonds is 7. The molecule has 23 heavy (non-hydrogen) atoms. The Hall–Kier alpha value is -2.77. The van der Waals surface area contributed by atoms with E-state index in [-0.39, 0.29) is 6.79 Å². The van der Waals surface area contributed by atoms with Crippen molar-refractivity contribution in [3.63, 3.8) is 0 Å². The van der Waals surface area contributed by atoms with Crippen LogP contribution in [0.1, 0.15) is 0 Å². The van der Waals surface area contributed by atoms with E-state index in [9.17, 15) is 4.79 Å². The summed E-state index contributed by atoms with van der Waals surface area (Å²) < 4.78 is 15.5. The monoisotopic (exact) mass is 314 g/mol. The highest BCUT2D eigenvalue weighted by atomic mass is 16.7. The van der Waals surface area contributed by atoms with E-state index in [2.05, 4.69) is 6.58 Å². The van der Waals surface area contributed by atoms with Gasteiger partial charge in [-0.1, -0.05) is 18.7 Å². The molecule has 0 amide bonds. The summed E-state index contributed by atoms with van der Waals surface area (Å²) in [5.74, 6) is 1.11. The lowest BCUT2D eigenvalue weighted by Crippen LogP contribution is -2.29. The van der Waals surface area contributed by atoms with Gasteiger partial charge in [0, 0.05) is 6.08 Å². The molecule has 2 N–H and O–H groups in total. The molecule has 2 aromatic rings. The Morgan fingerprint density at radius 3 is 2.04 bits per heavy atom. The third-order valence-corrected chi connectivity index (χ3v) is 2.83. The van der Waals surface area contributed by atoms with Crippen molar-refractivity contribution in [2.45, 2.75) is 0 Å². The number of ether oxygens (including phenoxy) is 3. The first-order valence-corrected chi connectivity index (χ1v) is 6.74. The Kier molecular flexibility index (Phi) is 5.79. The van der Waals surface area contributed by atoms with Crippen LogP contribution < -0.4 is 14.9 Å². The van der Waals surface area contributed by atoms with Crippen molar-refractivity contribution in [1.82, 2.24) is 0 Å². The van der Waals surface area contributed by atoms with E-state index in [1.165, 1.54) is 0 Å². The van der Waals surface area contributed by atoms with Crippen molar-refractivity contribution in [3.8, 4) is 17.2 Å². The minimum atomic E-state index is -1.50. The van der Waals surface area contributed by atoms with E-state index in [4.69, 9.17) is 24.3 Å². The summed E-state index contributed by atoms with van der Waals surface area (Å²) in [5, 5.41) is 18.0. The number of benzene rings is 2. The van der Waals surface area contributed by atoms with Crippen molar-refractivity contribution < 1.29 is 29.1 Å². The second-order valence-electron chi connectivity index (χ2n) is 4.45. The average Bonchev–Trinajstić information content (AvgIpc) is 2.56. The van der Waals surface area contributed by atoms with Gasteiger partial charge in [-0.05, 0) is 41.9 Å². The molecule has 118 valence electrons. The zero-order valence-electron chi connectivity index (χ0n) is 12.2. The lowest BCUT2D eigenvalue weighted by molar-refractivity contribution is -0.144. The Morgan fingerprint density at radius 1 is 1.00 bits per heavy atom. The van der Waals surface area contributed by atoms with Crippen molar-refractivity contribution in [2.24, 2.45) is 0 Å². The van der Waals surface area contributed by atoms with Gasteiger partial charge < -0.3 is 24.3 Å². The van der Waals surface area contributed by atoms with Crippen molar-refractivity contribution in [3.05, 3.63) is 61.2 Å². The highest BCUT2D eigenvalue weighted by Gasteiger charge is 2.10. The minimum absolute atomic E-state index is 0.198. The van der Waals surface area contributed by atoms with E-state index in [1.807, 2.05) is 0 Å². The van der Waals surface area contributed by atoms with Gasteiger partial charge in [0.1, 0.15) is 17.2 Å².